The number of thiazole rings is 1. The molecule has 1 aromatic carbocycles. The Balaban J connectivity index is 2.65. The zero-order valence-electron chi connectivity index (χ0n) is 11.2. The Hall–Kier alpha value is -1.96. The number of rotatable bonds is 3. The van der Waals surface area contributed by atoms with Crippen molar-refractivity contribution in [2.75, 3.05) is 7.11 Å². The number of hydrogen-bond acceptors (Lipinski definition) is 4. The number of halogens is 2. The summed E-state index contributed by atoms with van der Waals surface area (Å²) in [6.45, 7) is -0.187. The van der Waals surface area contributed by atoms with Gasteiger partial charge in [0.15, 0.2) is 0 Å². The molecule has 0 spiro atoms. The fraction of sp³-hybridized carbons (Fsp3) is 0.143. The van der Waals surface area contributed by atoms with E-state index < -0.39 is 17.2 Å². The molecule has 2 aromatic heterocycles. The number of benzene rings is 1. The van der Waals surface area contributed by atoms with Crippen molar-refractivity contribution in [1.29, 1.82) is 0 Å². The van der Waals surface area contributed by atoms with E-state index in [1.54, 1.807) is 11.6 Å². The summed E-state index contributed by atoms with van der Waals surface area (Å²) < 4.78 is 20.7. The van der Waals surface area contributed by atoms with Crippen LogP contribution in [0, 0.1) is 5.82 Å². The Morgan fingerprint density at radius 1 is 1.55 bits per heavy atom. The highest BCUT2D eigenvalue weighted by Gasteiger charge is 2.23. The fourth-order valence-corrected chi connectivity index (χ4v) is 3.55. The first-order valence-electron chi connectivity index (χ1n) is 6.12. The first kappa shape index (κ1) is 15.0. The van der Waals surface area contributed by atoms with Crippen LogP contribution < -0.4 is 5.43 Å². The van der Waals surface area contributed by atoms with Crippen LogP contribution in [0.3, 0.4) is 0 Å². The van der Waals surface area contributed by atoms with Crippen molar-refractivity contribution in [2.45, 2.75) is 6.61 Å². The van der Waals surface area contributed by atoms with Crippen LogP contribution in [0.4, 0.5) is 4.39 Å². The van der Waals surface area contributed by atoms with Gasteiger partial charge in [-0.1, -0.05) is 11.6 Å². The number of carboxylic acids is 1. The Morgan fingerprint density at radius 3 is 2.91 bits per heavy atom. The minimum atomic E-state index is -1.36. The summed E-state index contributed by atoms with van der Waals surface area (Å²) in [4.78, 5) is 24.3. The quantitative estimate of drug-likeness (QED) is 0.794. The third-order valence-electron chi connectivity index (χ3n) is 3.33. The molecule has 8 heteroatoms. The maximum Gasteiger partial charge on any atom is 0.342 e. The molecule has 22 heavy (non-hydrogen) atoms. The second-order valence-corrected chi connectivity index (χ2v) is 5.87. The summed E-state index contributed by atoms with van der Waals surface area (Å²) in [7, 11) is 1.35. The molecule has 0 atom stereocenters. The number of aromatic nitrogens is 1. The molecule has 5 nitrogen and oxygen atoms in total. The van der Waals surface area contributed by atoms with Gasteiger partial charge in [0.25, 0.3) is 0 Å². The van der Waals surface area contributed by atoms with Crippen LogP contribution in [0.2, 0.25) is 5.02 Å². The van der Waals surface area contributed by atoms with Gasteiger partial charge in [-0.3, -0.25) is 4.79 Å². The van der Waals surface area contributed by atoms with Crippen LogP contribution in [0.25, 0.3) is 15.7 Å². The Morgan fingerprint density at radius 2 is 2.27 bits per heavy atom. The molecule has 0 bridgehead atoms. The highest BCUT2D eigenvalue weighted by atomic mass is 35.5. The van der Waals surface area contributed by atoms with Crippen LogP contribution in [0.1, 0.15) is 15.9 Å². The van der Waals surface area contributed by atoms with Gasteiger partial charge in [-0.25, -0.2) is 9.18 Å². The zero-order chi connectivity index (χ0) is 16.0. The lowest BCUT2D eigenvalue weighted by atomic mass is 10.0. The third kappa shape index (κ3) is 2.01. The van der Waals surface area contributed by atoms with E-state index in [0.717, 1.165) is 11.3 Å². The standard InChI is InChI=1S/C14H9ClFNO4S/c1-21-5-6-9-8(4-7(15)11(6)16)17-2-3-22-13(17)10(12(9)18)14(19)20/h2-4H,5H2,1H3,(H,19,20). The molecule has 0 radical (unpaired) electrons. The minimum Gasteiger partial charge on any atom is -0.477 e. The number of methoxy groups -OCH3 is 1. The van der Waals surface area contributed by atoms with Crippen LogP contribution in [0.15, 0.2) is 22.4 Å². The molecule has 0 unspecified atom stereocenters. The normalized spacial score (nSPS) is 11.4. The molecule has 114 valence electrons. The molecular weight excluding hydrogens is 333 g/mol. The van der Waals surface area contributed by atoms with Crippen LogP contribution in [0.5, 0.6) is 0 Å². The first-order valence-corrected chi connectivity index (χ1v) is 7.37. The number of carboxylic acid groups (broad SMARTS) is 1. The maximum absolute atomic E-state index is 14.3. The fourth-order valence-electron chi connectivity index (χ4n) is 2.45. The van der Waals surface area contributed by atoms with Crippen LogP contribution in [-0.2, 0) is 11.3 Å². The zero-order valence-corrected chi connectivity index (χ0v) is 12.8. The Kier molecular flexibility index (Phi) is 3.64. The number of nitrogens with zero attached hydrogens (tertiary/aromatic N) is 1. The van der Waals surface area contributed by atoms with Crippen LogP contribution >= 0.6 is 22.9 Å². The van der Waals surface area contributed by atoms with Crippen molar-refractivity contribution in [1.82, 2.24) is 4.40 Å². The largest absolute Gasteiger partial charge is 0.477 e. The summed E-state index contributed by atoms with van der Waals surface area (Å²) in [5.74, 6) is -2.13. The second kappa shape index (κ2) is 5.35. The monoisotopic (exact) mass is 341 g/mol. The van der Waals surface area contributed by atoms with Crippen LogP contribution in [-0.4, -0.2) is 22.6 Å². The molecule has 0 saturated carbocycles. The van der Waals surface area contributed by atoms with E-state index in [9.17, 15) is 19.1 Å². The van der Waals surface area contributed by atoms with E-state index in [1.165, 1.54) is 17.6 Å². The number of hydrogen-bond donors (Lipinski definition) is 1. The lowest BCUT2D eigenvalue weighted by molar-refractivity contribution is 0.0697. The summed E-state index contributed by atoms with van der Waals surface area (Å²) in [6.07, 6.45) is 1.61. The molecule has 0 amide bonds. The van der Waals surface area contributed by atoms with Crippen molar-refractivity contribution in [2.24, 2.45) is 0 Å². The lowest BCUT2D eigenvalue weighted by Gasteiger charge is -2.11. The van der Waals surface area contributed by atoms with Crippen molar-refractivity contribution < 1.29 is 19.0 Å². The predicted octanol–water partition coefficient (Wildman–Crippen LogP) is 3.15. The summed E-state index contributed by atoms with van der Waals surface area (Å²) in [6, 6.07) is 1.32. The van der Waals surface area contributed by atoms with Gasteiger partial charge in [-0.15, -0.1) is 11.3 Å². The molecule has 0 aliphatic rings. The molecule has 0 saturated heterocycles. The molecule has 0 aliphatic carbocycles. The lowest BCUT2D eigenvalue weighted by Crippen LogP contribution is -2.19. The molecule has 1 N–H and O–H groups in total. The van der Waals surface area contributed by atoms with E-state index in [1.807, 2.05) is 0 Å². The van der Waals surface area contributed by atoms with E-state index in [2.05, 4.69) is 0 Å². The van der Waals surface area contributed by atoms with Gasteiger partial charge in [-0.2, -0.15) is 0 Å². The average Bonchev–Trinajstić information content (AvgIpc) is 2.92. The number of pyridine rings is 1. The number of carbonyl (C=O) groups is 1. The molecule has 0 fully saturated rings. The summed E-state index contributed by atoms with van der Waals surface area (Å²) in [5.41, 5.74) is -0.822. The molecule has 3 rings (SSSR count). The van der Waals surface area contributed by atoms with E-state index in [4.69, 9.17) is 16.3 Å². The summed E-state index contributed by atoms with van der Waals surface area (Å²) in [5, 5.41) is 10.8. The van der Waals surface area contributed by atoms with Gasteiger partial charge in [0, 0.05) is 24.3 Å². The van der Waals surface area contributed by atoms with Gasteiger partial charge < -0.3 is 14.2 Å². The number of aromatic carboxylic acids is 1. The topological polar surface area (TPSA) is 68.0 Å². The summed E-state index contributed by atoms with van der Waals surface area (Å²) >= 11 is 7.01. The number of fused-ring (bicyclic) bond motifs is 3. The maximum atomic E-state index is 14.3. The van der Waals surface area contributed by atoms with Crippen molar-refractivity contribution in [3.05, 3.63) is 49.8 Å². The highest BCUT2D eigenvalue weighted by molar-refractivity contribution is 7.16. The Labute approximate surface area is 132 Å². The van der Waals surface area contributed by atoms with Gasteiger partial charge >= 0.3 is 5.97 Å². The van der Waals surface area contributed by atoms with E-state index in [0.29, 0.717) is 5.52 Å². The Bertz CT molecular complexity index is 979. The third-order valence-corrected chi connectivity index (χ3v) is 4.49. The van der Waals surface area contributed by atoms with Crippen molar-refractivity contribution >= 4 is 44.6 Å². The second-order valence-electron chi connectivity index (χ2n) is 4.57. The van der Waals surface area contributed by atoms with E-state index >= 15 is 0 Å². The van der Waals surface area contributed by atoms with Gasteiger partial charge in [-0.05, 0) is 6.07 Å². The first-order chi connectivity index (χ1) is 10.5. The van der Waals surface area contributed by atoms with E-state index in [-0.39, 0.29) is 33.0 Å². The minimum absolute atomic E-state index is 0.0305. The molecule has 0 aliphatic heterocycles. The van der Waals surface area contributed by atoms with Crippen molar-refractivity contribution in [3.8, 4) is 0 Å². The molecule has 2 heterocycles. The average molecular weight is 342 g/mol. The van der Waals surface area contributed by atoms with Crippen molar-refractivity contribution in [3.63, 3.8) is 0 Å². The number of ether oxygens (including phenoxy) is 1. The highest BCUT2D eigenvalue weighted by Crippen LogP contribution is 2.30. The van der Waals surface area contributed by atoms with Gasteiger partial charge in [0.2, 0.25) is 5.43 Å². The molecular formula is C14H9ClFNO4S. The predicted molar refractivity (Wildman–Crippen MR) is 81.7 cm³/mol. The van der Waals surface area contributed by atoms with Gasteiger partial charge in [0.05, 0.1) is 22.5 Å². The molecule has 3 aromatic rings. The van der Waals surface area contributed by atoms with Gasteiger partial charge in [0.1, 0.15) is 16.2 Å². The SMILES string of the molecule is COCc1c(F)c(Cl)cc2c1c(=O)c(C(=O)O)c1sccn12. The smallest absolute Gasteiger partial charge is 0.342 e.